The van der Waals surface area contributed by atoms with Crippen LogP contribution in [-0.4, -0.2) is 47.4 Å². The molecule has 3 N–H and O–H groups in total. The van der Waals surface area contributed by atoms with E-state index in [1.54, 1.807) is 0 Å². The average molecular weight is 1000 g/mol. The number of carbonyl (C=O) groups is 2. The smallest absolute Gasteiger partial charge is 0.305 e. The molecule has 0 aliphatic heterocycles. The Morgan fingerprint density at radius 1 is 0.380 bits per heavy atom. The van der Waals surface area contributed by atoms with E-state index >= 15 is 0 Å². The van der Waals surface area contributed by atoms with Crippen LogP contribution in [0.2, 0.25) is 0 Å². The lowest BCUT2D eigenvalue weighted by Crippen LogP contribution is -2.45. The van der Waals surface area contributed by atoms with Crippen LogP contribution in [-0.2, 0) is 14.3 Å². The third-order valence-electron chi connectivity index (χ3n) is 15.3. The number of allylic oxidation sites excluding steroid dienone is 2. The van der Waals surface area contributed by atoms with Crippen LogP contribution in [0.1, 0.15) is 367 Å². The fraction of sp³-hybridized carbons (Fsp3) is 0.938. The van der Waals surface area contributed by atoms with Gasteiger partial charge in [-0.1, -0.05) is 315 Å². The number of hydrogen-bond donors (Lipinski definition) is 3. The van der Waals surface area contributed by atoms with Crippen LogP contribution < -0.4 is 5.32 Å². The van der Waals surface area contributed by atoms with E-state index in [1.165, 1.54) is 289 Å². The van der Waals surface area contributed by atoms with Crippen LogP contribution in [0, 0.1) is 0 Å². The third-order valence-corrected chi connectivity index (χ3v) is 15.3. The number of hydrogen-bond acceptors (Lipinski definition) is 5. The van der Waals surface area contributed by atoms with Gasteiger partial charge in [-0.15, -0.1) is 0 Å². The van der Waals surface area contributed by atoms with Crippen molar-refractivity contribution in [3.8, 4) is 0 Å². The van der Waals surface area contributed by atoms with E-state index in [-0.39, 0.29) is 18.5 Å². The molecule has 0 saturated heterocycles. The number of nitrogens with one attached hydrogen (secondary N) is 1. The van der Waals surface area contributed by atoms with Crippen LogP contribution in [0.25, 0.3) is 0 Å². The molecule has 1 amide bonds. The summed E-state index contributed by atoms with van der Waals surface area (Å²) in [5, 5.41) is 23.1. The highest BCUT2D eigenvalue weighted by Gasteiger charge is 2.20. The van der Waals surface area contributed by atoms with Crippen molar-refractivity contribution in [3.05, 3.63) is 12.2 Å². The molecule has 2 atom stereocenters. The van der Waals surface area contributed by atoms with Gasteiger partial charge in [-0.2, -0.15) is 0 Å². The third kappa shape index (κ3) is 57.7. The number of esters is 1. The molecule has 0 heterocycles. The van der Waals surface area contributed by atoms with Crippen LogP contribution >= 0.6 is 0 Å². The van der Waals surface area contributed by atoms with Crippen molar-refractivity contribution in [1.82, 2.24) is 5.32 Å². The highest BCUT2D eigenvalue weighted by atomic mass is 16.5. The summed E-state index contributed by atoms with van der Waals surface area (Å²) in [6, 6.07) is -0.535. The van der Waals surface area contributed by atoms with E-state index < -0.39 is 12.1 Å². The first-order chi connectivity index (χ1) is 35.0. The molecule has 0 saturated carbocycles. The number of carbonyl (C=O) groups excluding carboxylic acids is 2. The largest absolute Gasteiger partial charge is 0.466 e. The minimum atomic E-state index is -0.658. The van der Waals surface area contributed by atoms with Gasteiger partial charge in [-0.05, 0) is 51.4 Å². The zero-order valence-corrected chi connectivity index (χ0v) is 48.2. The summed E-state index contributed by atoms with van der Waals surface area (Å²) < 4.78 is 5.48. The first-order valence-corrected chi connectivity index (χ1v) is 32.4. The monoisotopic (exact) mass is 1000 g/mol. The van der Waals surface area contributed by atoms with Gasteiger partial charge in [0.1, 0.15) is 0 Å². The molecule has 0 aromatic heterocycles. The summed E-state index contributed by atoms with van der Waals surface area (Å²) >= 11 is 0. The Balaban J connectivity index is 3.28. The van der Waals surface area contributed by atoms with Gasteiger partial charge in [-0.3, -0.25) is 9.59 Å². The molecule has 0 bridgehead atoms. The number of rotatable bonds is 61. The summed E-state index contributed by atoms with van der Waals surface area (Å²) in [7, 11) is 0. The maximum absolute atomic E-state index is 12.4. The Bertz CT molecular complexity index is 1060. The Kier molecular flexibility index (Phi) is 59.9. The fourth-order valence-corrected chi connectivity index (χ4v) is 10.3. The molecule has 422 valence electrons. The van der Waals surface area contributed by atoms with Crippen LogP contribution in [0.5, 0.6) is 0 Å². The lowest BCUT2D eigenvalue weighted by atomic mass is 10.0. The van der Waals surface area contributed by atoms with E-state index in [9.17, 15) is 19.8 Å². The average Bonchev–Trinajstić information content (AvgIpc) is 3.37. The topological polar surface area (TPSA) is 95.9 Å². The molecule has 6 nitrogen and oxygen atoms in total. The number of ether oxygens (including phenoxy) is 1. The summed E-state index contributed by atoms with van der Waals surface area (Å²) in [6.45, 7) is 4.94. The van der Waals surface area contributed by atoms with Gasteiger partial charge in [0, 0.05) is 12.8 Å². The van der Waals surface area contributed by atoms with Crippen molar-refractivity contribution in [1.29, 1.82) is 0 Å². The molecule has 0 spiro atoms. The van der Waals surface area contributed by atoms with E-state index in [4.69, 9.17) is 4.74 Å². The highest BCUT2D eigenvalue weighted by molar-refractivity contribution is 5.76. The minimum Gasteiger partial charge on any atom is -0.466 e. The van der Waals surface area contributed by atoms with Crippen molar-refractivity contribution in [2.45, 2.75) is 379 Å². The Morgan fingerprint density at radius 2 is 0.662 bits per heavy atom. The maximum Gasteiger partial charge on any atom is 0.305 e. The minimum absolute atomic E-state index is 0.0123. The molecular weight excluding hydrogens is 875 g/mol. The second-order valence-electron chi connectivity index (χ2n) is 22.5. The van der Waals surface area contributed by atoms with Crippen molar-refractivity contribution in [2.24, 2.45) is 0 Å². The quantitative estimate of drug-likeness (QED) is 0.0320. The first-order valence-electron chi connectivity index (χ1n) is 32.4. The van der Waals surface area contributed by atoms with E-state index in [0.29, 0.717) is 25.9 Å². The number of aliphatic hydroxyl groups is 2. The van der Waals surface area contributed by atoms with Gasteiger partial charge in [0.2, 0.25) is 5.91 Å². The summed E-state index contributed by atoms with van der Waals surface area (Å²) in [5.41, 5.74) is 0. The predicted molar refractivity (Wildman–Crippen MR) is 310 cm³/mol. The zero-order chi connectivity index (χ0) is 51.4. The first kappa shape index (κ1) is 69.6. The van der Waals surface area contributed by atoms with Crippen molar-refractivity contribution in [2.75, 3.05) is 13.2 Å². The van der Waals surface area contributed by atoms with Crippen molar-refractivity contribution < 1.29 is 24.5 Å². The molecule has 0 aromatic rings. The van der Waals surface area contributed by atoms with Crippen LogP contribution in [0.4, 0.5) is 0 Å². The van der Waals surface area contributed by atoms with Gasteiger partial charge in [0.15, 0.2) is 0 Å². The van der Waals surface area contributed by atoms with E-state index in [1.807, 2.05) is 0 Å². The maximum atomic E-state index is 12.4. The molecule has 0 aliphatic rings. The van der Waals surface area contributed by atoms with E-state index in [0.717, 1.165) is 44.9 Å². The van der Waals surface area contributed by atoms with Gasteiger partial charge >= 0.3 is 5.97 Å². The van der Waals surface area contributed by atoms with E-state index in [2.05, 4.69) is 31.3 Å². The van der Waals surface area contributed by atoms with Crippen molar-refractivity contribution in [3.63, 3.8) is 0 Å². The lowest BCUT2D eigenvalue weighted by Gasteiger charge is -2.22. The SMILES string of the molecule is CCCCCC/C=C\CCCCCCCC(=O)OCCCCCCCCCCCCCCCCCCCCCCCCCCCCCCCCCCC(=O)NC(CO)C(O)CCCCCCCCCCC. The molecule has 6 heteroatoms. The molecule has 0 aromatic carbocycles. The lowest BCUT2D eigenvalue weighted by molar-refractivity contribution is -0.143. The summed E-state index contributed by atoms with van der Waals surface area (Å²) in [4.78, 5) is 24.4. The predicted octanol–water partition coefficient (Wildman–Crippen LogP) is 20.4. The molecule has 0 aliphatic carbocycles. The summed E-state index contributed by atoms with van der Waals surface area (Å²) in [6.07, 6.45) is 74.1. The van der Waals surface area contributed by atoms with Gasteiger partial charge in [0.05, 0.1) is 25.4 Å². The summed E-state index contributed by atoms with van der Waals surface area (Å²) in [5.74, 6) is -0.0189. The van der Waals surface area contributed by atoms with Crippen LogP contribution in [0.3, 0.4) is 0 Å². The fourth-order valence-electron chi connectivity index (χ4n) is 10.3. The highest BCUT2D eigenvalue weighted by Crippen LogP contribution is 2.19. The second-order valence-corrected chi connectivity index (χ2v) is 22.5. The molecule has 0 radical (unpaired) electrons. The van der Waals surface area contributed by atoms with Crippen LogP contribution in [0.15, 0.2) is 12.2 Å². The molecular formula is C65H127NO5. The van der Waals surface area contributed by atoms with Gasteiger partial charge in [-0.25, -0.2) is 0 Å². The number of unbranched alkanes of at least 4 members (excludes halogenated alkanes) is 48. The molecule has 0 fully saturated rings. The van der Waals surface area contributed by atoms with Gasteiger partial charge in [0.25, 0.3) is 0 Å². The molecule has 71 heavy (non-hydrogen) atoms. The van der Waals surface area contributed by atoms with Crippen molar-refractivity contribution >= 4 is 11.9 Å². The molecule has 0 rings (SSSR count). The standard InChI is InChI=1S/C65H127NO5/c1-3-5-7-9-11-13-14-35-39-43-47-51-55-59-65(70)71-60-56-52-48-44-40-37-34-32-30-28-26-24-22-20-18-16-15-17-19-21-23-25-27-29-31-33-36-38-42-46-50-54-58-64(69)66-62(61-67)63(68)57-53-49-45-41-12-10-8-6-4-2/h13-14,62-63,67-68H,3-12,15-61H2,1-2H3,(H,66,69)/b14-13-. The molecule has 2 unspecified atom stereocenters. The Morgan fingerprint density at radius 3 is 1.01 bits per heavy atom. The second kappa shape index (κ2) is 61.1. The Labute approximate surface area is 444 Å². The Hall–Kier alpha value is -1.40. The zero-order valence-electron chi connectivity index (χ0n) is 48.2. The number of amides is 1. The number of aliphatic hydroxyl groups excluding tert-OH is 2. The van der Waals surface area contributed by atoms with Gasteiger partial charge < -0.3 is 20.3 Å². The normalized spacial score (nSPS) is 12.6.